The smallest absolute Gasteiger partial charge is 0.282 e. The number of fused-ring (bicyclic) bond motifs is 1. The summed E-state index contributed by atoms with van der Waals surface area (Å²) in [7, 11) is -4.09. The molecule has 6 nitrogen and oxygen atoms in total. The summed E-state index contributed by atoms with van der Waals surface area (Å²) in [5.74, 6) is -0.127. The third kappa shape index (κ3) is 4.41. The molecule has 33 heavy (non-hydrogen) atoms. The number of anilines is 1. The summed E-state index contributed by atoms with van der Waals surface area (Å²) in [5.41, 5.74) is 0.575. The Balaban J connectivity index is 1.81. The van der Waals surface area contributed by atoms with E-state index in [0.717, 1.165) is 16.3 Å². The number of rotatable bonds is 5. The van der Waals surface area contributed by atoms with Gasteiger partial charge in [-0.2, -0.15) is 5.10 Å². The number of hydrogen-bond acceptors (Lipinski definition) is 4. The average Bonchev–Trinajstić information content (AvgIpc) is 3.16. The molecule has 0 saturated carbocycles. The first kappa shape index (κ1) is 22.7. The molecule has 3 aromatic carbocycles. The number of halogens is 2. The molecule has 0 fully saturated rings. The molecule has 9 heteroatoms. The van der Waals surface area contributed by atoms with Gasteiger partial charge in [-0.15, -0.1) is 0 Å². The van der Waals surface area contributed by atoms with Gasteiger partial charge in [-0.1, -0.05) is 57.2 Å². The van der Waals surface area contributed by atoms with Gasteiger partial charge in [0.2, 0.25) is 0 Å². The van der Waals surface area contributed by atoms with E-state index in [1.165, 1.54) is 18.2 Å². The number of sulfonamides is 1. The van der Waals surface area contributed by atoms with E-state index >= 15 is 0 Å². The van der Waals surface area contributed by atoms with E-state index in [9.17, 15) is 22.3 Å². The normalized spacial score (nSPS) is 12.4. The van der Waals surface area contributed by atoms with E-state index in [1.54, 1.807) is 42.5 Å². The predicted molar refractivity (Wildman–Crippen MR) is 124 cm³/mol. The fourth-order valence-corrected chi connectivity index (χ4v) is 4.59. The Bertz CT molecular complexity index is 1420. The highest BCUT2D eigenvalue weighted by Gasteiger charge is 2.23. The number of phenols is 1. The van der Waals surface area contributed by atoms with Crippen LogP contribution in [0.15, 0.2) is 71.6 Å². The van der Waals surface area contributed by atoms with Crippen LogP contribution < -0.4 is 4.72 Å². The third-order valence-electron chi connectivity index (χ3n) is 5.33. The number of phenolic OH excluding ortho intramolecular Hbond substituents is 1. The molecule has 1 aromatic heterocycles. The molecule has 0 aliphatic rings. The molecule has 4 aromatic rings. The molecular formula is C24H23F2N3O3S. The van der Waals surface area contributed by atoms with Crippen LogP contribution in [0.1, 0.15) is 38.5 Å². The maximum Gasteiger partial charge on any atom is 0.282 e. The van der Waals surface area contributed by atoms with E-state index < -0.39 is 22.1 Å². The molecule has 0 saturated heterocycles. The third-order valence-corrected chi connectivity index (χ3v) is 6.70. The van der Waals surface area contributed by atoms with Crippen molar-refractivity contribution in [1.82, 2.24) is 9.78 Å². The van der Waals surface area contributed by atoms with Crippen LogP contribution in [-0.2, 0) is 15.4 Å². The van der Waals surface area contributed by atoms with E-state index in [2.05, 4.69) is 9.82 Å². The van der Waals surface area contributed by atoms with E-state index in [-0.39, 0.29) is 21.9 Å². The van der Waals surface area contributed by atoms with Crippen molar-refractivity contribution < 1.29 is 22.3 Å². The first-order valence-corrected chi connectivity index (χ1v) is 11.7. The number of benzene rings is 3. The number of aromatic nitrogens is 2. The minimum Gasteiger partial charge on any atom is -0.507 e. The lowest BCUT2D eigenvalue weighted by Crippen LogP contribution is -2.17. The maximum absolute atomic E-state index is 13.5. The number of hydrogen-bond donors (Lipinski definition) is 2. The van der Waals surface area contributed by atoms with E-state index in [0.29, 0.717) is 16.5 Å². The van der Waals surface area contributed by atoms with Gasteiger partial charge in [0, 0.05) is 16.8 Å². The summed E-state index contributed by atoms with van der Waals surface area (Å²) in [6, 6.07) is 17.1. The lowest BCUT2D eigenvalue weighted by Gasteiger charge is -2.19. The van der Waals surface area contributed by atoms with Gasteiger partial charge in [0.25, 0.3) is 16.4 Å². The molecule has 172 valence electrons. The Labute approximate surface area is 190 Å². The molecule has 0 spiro atoms. The second kappa shape index (κ2) is 8.15. The molecule has 0 atom stereocenters. The average molecular weight is 472 g/mol. The van der Waals surface area contributed by atoms with Gasteiger partial charge in [-0.05, 0) is 35.2 Å². The fourth-order valence-electron chi connectivity index (χ4n) is 3.55. The molecule has 0 bridgehead atoms. The Hall–Kier alpha value is -3.46. The van der Waals surface area contributed by atoms with Crippen LogP contribution in [0.25, 0.3) is 16.5 Å². The summed E-state index contributed by atoms with van der Waals surface area (Å²) < 4.78 is 56.6. The van der Waals surface area contributed by atoms with E-state index in [4.69, 9.17) is 0 Å². The molecule has 0 aliphatic heterocycles. The van der Waals surface area contributed by atoms with Crippen molar-refractivity contribution in [1.29, 1.82) is 0 Å². The van der Waals surface area contributed by atoms with Gasteiger partial charge in [-0.3, -0.25) is 4.72 Å². The highest BCUT2D eigenvalue weighted by Crippen LogP contribution is 2.33. The molecule has 0 aliphatic carbocycles. The largest absolute Gasteiger partial charge is 0.507 e. The van der Waals surface area contributed by atoms with Gasteiger partial charge in [-0.25, -0.2) is 21.9 Å². The number of nitrogens with one attached hydrogen (secondary N) is 1. The quantitative estimate of drug-likeness (QED) is 0.387. The highest BCUT2D eigenvalue weighted by molar-refractivity contribution is 7.92. The Morgan fingerprint density at radius 1 is 0.970 bits per heavy atom. The molecule has 1 heterocycles. The van der Waals surface area contributed by atoms with Crippen molar-refractivity contribution >= 4 is 26.6 Å². The first-order valence-electron chi connectivity index (χ1n) is 10.2. The van der Waals surface area contributed by atoms with Crippen LogP contribution in [0.4, 0.5) is 14.6 Å². The first-order chi connectivity index (χ1) is 15.5. The number of nitrogens with zero attached hydrogens (tertiary/aromatic N) is 2. The van der Waals surface area contributed by atoms with Crippen LogP contribution in [0.5, 0.6) is 5.75 Å². The topological polar surface area (TPSA) is 84.2 Å². The van der Waals surface area contributed by atoms with Crippen LogP contribution in [-0.4, -0.2) is 23.3 Å². The van der Waals surface area contributed by atoms with Crippen LogP contribution >= 0.6 is 0 Å². The zero-order valence-corrected chi connectivity index (χ0v) is 19.1. The Morgan fingerprint density at radius 2 is 1.61 bits per heavy atom. The van der Waals surface area contributed by atoms with Gasteiger partial charge in [0.1, 0.15) is 17.3 Å². The van der Waals surface area contributed by atoms with Crippen LogP contribution in [0.3, 0.4) is 0 Å². The SMILES string of the molecule is CC(C)(C)c1ccc(S(=O)(=O)Nc2cc(C(F)F)nn2-c2cccc3c(O)cccc23)cc1. The minimum atomic E-state index is -4.09. The summed E-state index contributed by atoms with van der Waals surface area (Å²) in [4.78, 5) is -0.00240. The standard InChI is InChI=1S/C24H23F2N3O3S/c1-24(2,3)15-10-12-16(13-11-15)33(31,32)28-22-14-19(23(25)26)27-29(22)20-8-4-7-18-17(20)6-5-9-21(18)30/h4-14,23,28,30H,1-3H3. The zero-order valence-electron chi connectivity index (χ0n) is 18.3. The van der Waals surface area contributed by atoms with Crippen molar-refractivity contribution in [3.63, 3.8) is 0 Å². The number of aromatic hydroxyl groups is 1. The summed E-state index contributed by atoms with van der Waals surface area (Å²) >= 11 is 0. The van der Waals surface area contributed by atoms with Crippen molar-refractivity contribution in [3.05, 3.63) is 78.0 Å². The van der Waals surface area contributed by atoms with Crippen molar-refractivity contribution in [2.24, 2.45) is 0 Å². The molecule has 0 amide bonds. The summed E-state index contributed by atoms with van der Waals surface area (Å²) in [5, 5.41) is 15.1. The molecular weight excluding hydrogens is 448 g/mol. The van der Waals surface area contributed by atoms with Gasteiger partial charge < -0.3 is 5.11 Å². The van der Waals surface area contributed by atoms with Crippen molar-refractivity contribution in [3.8, 4) is 11.4 Å². The highest BCUT2D eigenvalue weighted by atomic mass is 32.2. The van der Waals surface area contributed by atoms with Crippen LogP contribution in [0, 0.1) is 0 Å². The van der Waals surface area contributed by atoms with Crippen LogP contribution in [0.2, 0.25) is 0 Å². The molecule has 4 rings (SSSR count). The predicted octanol–water partition coefficient (Wildman–Crippen LogP) is 5.77. The maximum atomic E-state index is 13.5. The van der Waals surface area contributed by atoms with Gasteiger partial charge in [0.15, 0.2) is 0 Å². The summed E-state index contributed by atoms with van der Waals surface area (Å²) in [6.07, 6.45) is -2.90. The van der Waals surface area contributed by atoms with E-state index in [1.807, 2.05) is 20.8 Å². The van der Waals surface area contributed by atoms with Crippen molar-refractivity contribution in [2.75, 3.05) is 4.72 Å². The minimum absolute atomic E-state index is 0.00240. The second-order valence-corrected chi connectivity index (χ2v) is 10.4. The van der Waals surface area contributed by atoms with Gasteiger partial charge >= 0.3 is 0 Å². The lowest BCUT2D eigenvalue weighted by molar-refractivity contribution is 0.145. The number of alkyl halides is 2. The zero-order chi connectivity index (χ0) is 24.0. The summed E-state index contributed by atoms with van der Waals surface area (Å²) in [6.45, 7) is 6.05. The molecule has 2 N–H and O–H groups in total. The Kier molecular flexibility index (Phi) is 5.61. The lowest BCUT2D eigenvalue weighted by atomic mass is 9.87. The fraction of sp³-hybridized carbons (Fsp3) is 0.208. The molecule has 0 radical (unpaired) electrons. The Morgan fingerprint density at radius 3 is 2.24 bits per heavy atom. The molecule has 0 unspecified atom stereocenters. The van der Waals surface area contributed by atoms with Gasteiger partial charge in [0.05, 0.1) is 10.6 Å². The monoisotopic (exact) mass is 471 g/mol. The van der Waals surface area contributed by atoms with Crippen molar-refractivity contribution in [2.45, 2.75) is 37.5 Å². The second-order valence-electron chi connectivity index (χ2n) is 8.70.